The van der Waals surface area contributed by atoms with Gasteiger partial charge in [-0.25, -0.2) is 0 Å². The van der Waals surface area contributed by atoms with Gasteiger partial charge in [0.05, 0.1) is 35.5 Å². The van der Waals surface area contributed by atoms with E-state index >= 15 is 0 Å². The highest BCUT2D eigenvalue weighted by Crippen LogP contribution is 2.45. The first-order valence-electron chi connectivity index (χ1n) is 9.90. The maximum absolute atomic E-state index is 13.1. The number of nitrogens with one attached hydrogen (secondary N) is 1. The van der Waals surface area contributed by atoms with Gasteiger partial charge < -0.3 is 9.84 Å². The summed E-state index contributed by atoms with van der Waals surface area (Å²) in [5.74, 6) is 0. The van der Waals surface area contributed by atoms with Gasteiger partial charge in [-0.2, -0.15) is 26.3 Å². The second kappa shape index (κ2) is 8.85. The molecule has 2 heterocycles. The van der Waals surface area contributed by atoms with Gasteiger partial charge in [-0.15, -0.1) is 12.4 Å². The molecule has 0 aliphatic carbocycles. The molecule has 0 unspecified atom stereocenters. The number of rotatable bonds is 4. The summed E-state index contributed by atoms with van der Waals surface area (Å²) in [6.07, 6.45) is -9.48. The molecule has 2 aliphatic rings. The molecule has 10 heteroatoms. The zero-order chi connectivity index (χ0) is 22.4. The summed E-state index contributed by atoms with van der Waals surface area (Å²) < 4.78 is 84.7. The molecule has 0 amide bonds. The van der Waals surface area contributed by atoms with Crippen LogP contribution in [0.15, 0.2) is 48.5 Å². The van der Waals surface area contributed by atoms with Gasteiger partial charge in [-0.1, -0.05) is 30.3 Å². The third-order valence-electron chi connectivity index (χ3n) is 6.12. The van der Waals surface area contributed by atoms with E-state index in [4.69, 9.17) is 4.74 Å². The Balaban J connectivity index is 0.00000289. The molecule has 0 radical (unpaired) electrons. The highest BCUT2D eigenvalue weighted by Gasteiger charge is 2.54. The lowest BCUT2D eigenvalue weighted by atomic mass is 9.80. The molecule has 32 heavy (non-hydrogen) atoms. The molecule has 3 nitrogen and oxygen atoms in total. The standard InChI is InChI=1S/C22H21F6NO2.ClH/c23-21(24,25)15-8-13(9-16(10-15)22(26,27)28)12-31-19-7-6-17-18(30)11-20(19,29-17)14-4-2-1-3-5-14;/h1-5,8-10,17-19,29-30H,6-7,11-12H2;1H/t17-,18+,19+,20+;/m0./s1. The molecule has 4 rings (SSSR count). The first kappa shape index (κ1) is 24.8. The van der Waals surface area contributed by atoms with Gasteiger partial charge in [0, 0.05) is 6.04 Å². The van der Waals surface area contributed by atoms with Gasteiger partial charge in [0.25, 0.3) is 0 Å². The maximum atomic E-state index is 13.1. The Morgan fingerprint density at radius 3 is 2.09 bits per heavy atom. The molecule has 176 valence electrons. The highest BCUT2D eigenvalue weighted by molar-refractivity contribution is 5.85. The summed E-state index contributed by atoms with van der Waals surface area (Å²) in [5.41, 5.74) is -2.82. The van der Waals surface area contributed by atoms with Crippen molar-refractivity contribution < 1.29 is 36.2 Å². The number of hydrogen-bond acceptors (Lipinski definition) is 3. The Morgan fingerprint density at radius 2 is 1.53 bits per heavy atom. The lowest BCUT2D eigenvalue weighted by molar-refractivity contribution is -0.143. The van der Waals surface area contributed by atoms with Crippen molar-refractivity contribution in [3.8, 4) is 0 Å². The van der Waals surface area contributed by atoms with Crippen LogP contribution in [0.2, 0.25) is 0 Å². The van der Waals surface area contributed by atoms with E-state index in [2.05, 4.69) is 5.32 Å². The quantitative estimate of drug-likeness (QED) is 0.571. The third-order valence-corrected chi connectivity index (χ3v) is 6.12. The molecular weight excluding hydrogens is 460 g/mol. The number of alkyl halides is 6. The van der Waals surface area contributed by atoms with Crippen molar-refractivity contribution in [3.63, 3.8) is 0 Å². The van der Waals surface area contributed by atoms with Gasteiger partial charge in [-0.05, 0) is 48.6 Å². The minimum absolute atomic E-state index is 0. The van der Waals surface area contributed by atoms with Crippen molar-refractivity contribution in [2.75, 3.05) is 0 Å². The smallest absolute Gasteiger partial charge is 0.391 e. The van der Waals surface area contributed by atoms with E-state index in [0.29, 0.717) is 31.4 Å². The van der Waals surface area contributed by atoms with Crippen LogP contribution in [-0.4, -0.2) is 23.4 Å². The van der Waals surface area contributed by atoms with Crippen LogP contribution in [0.1, 0.15) is 41.5 Å². The molecule has 2 aliphatic heterocycles. The average molecular weight is 482 g/mol. The largest absolute Gasteiger partial charge is 0.416 e. The van der Waals surface area contributed by atoms with Crippen LogP contribution in [0, 0.1) is 0 Å². The van der Waals surface area contributed by atoms with Crippen LogP contribution in [0.5, 0.6) is 0 Å². The third kappa shape index (κ3) is 4.76. The zero-order valence-corrected chi connectivity index (χ0v) is 17.5. The molecule has 2 aromatic rings. The van der Waals surface area contributed by atoms with Gasteiger partial charge in [0.2, 0.25) is 0 Å². The molecule has 2 N–H and O–H groups in total. The van der Waals surface area contributed by atoms with Gasteiger partial charge in [0.15, 0.2) is 0 Å². The summed E-state index contributed by atoms with van der Waals surface area (Å²) in [5, 5.41) is 13.8. The Bertz CT molecular complexity index is 900. The first-order valence-corrected chi connectivity index (χ1v) is 9.90. The Hall–Kier alpha value is -1.81. The number of fused-ring (bicyclic) bond motifs is 2. The summed E-state index contributed by atoms with van der Waals surface area (Å²) in [6, 6.07) is 10.6. The molecular formula is C22H22ClF6NO2. The normalized spacial score (nSPS) is 27.8. The lowest BCUT2D eigenvalue weighted by Crippen LogP contribution is -2.54. The van der Waals surface area contributed by atoms with E-state index in [0.717, 1.165) is 5.56 Å². The minimum Gasteiger partial charge on any atom is -0.391 e. The van der Waals surface area contributed by atoms with E-state index in [1.807, 2.05) is 30.3 Å². The summed E-state index contributed by atoms with van der Waals surface area (Å²) >= 11 is 0. The van der Waals surface area contributed by atoms with Crippen molar-refractivity contribution in [3.05, 3.63) is 70.8 Å². The van der Waals surface area contributed by atoms with Crippen molar-refractivity contribution in [2.24, 2.45) is 0 Å². The fourth-order valence-electron chi connectivity index (χ4n) is 4.67. The number of halogens is 7. The molecule has 2 bridgehead atoms. The first-order chi connectivity index (χ1) is 14.5. The highest BCUT2D eigenvalue weighted by atomic mass is 35.5. The van der Waals surface area contributed by atoms with E-state index in [9.17, 15) is 31.4 Å². The predicted octanol–water partition coefficient (Wildman–Crippen LogP) is 5.44. The van der Waals surface area contributed by atoms with Crippen LogP contribution in [0.3, 0.4) is 0 Å². The number of piperidine rings is 1. The van der Waals surface area contributed by atoms with Crippen molar-refractivity contribution in [1.82, 2.24) is 5.32 Å². The molecule has 0 saturated carbocycles. The second-order valence-electron chi connectivity index (χ2n) is 8.15. The topological polar surface area (TPSA) is 41.5 Å². The maximum Gasteiger partial charge on any atom is 0.416 e. The molecule has 2 fully saturated rings. The number of aliphatic hydroxyl groups is 1. The second-order valence-corrected chi connectivity index (χ2v) is 8.15. The van der Waals surface area contributed by atoms with Gasteiger partial charge in [0.1, 0.15) is 0 Å². The lowest BCUT2D eigenvalue weighted by Gasteiger charge is -2.42. The number of hydrogen-bond donors (Lipinski definition) is 2. The van der Waals surface area contributed by atoms with Crippen LogP contribution in [0.4, 0.5) is 26.3 Å². The Morgan fingerprint density at radius 1 is 0.938 bits per heavy atom. The van der Waals surface area contributed by atoms with Crippen molar-refractivity contribution in [2.45, 2.75) is 62.0 Å². The Kier molecular flexibility index (Phi) is 6.87. The number of benzene rings is 2. The van der Waals surface area contributed by atoms with Crippen molar-refractivity contribution in [1.29, 1.82) is 0 Å². The van der Waals surface area contributed by atoms with Crippen LogP contribution in [-0.2, 0) is 29.2 Å². The van der Waals surface area contributed by atoms with Gasteiger partial charge >= 0.3 is 12.4 Å². The summed E-state index contributed by atoms with van der Waals surface area (Å²) in [7, 11) is 0. The van der Waals surface area contributed by atoms with E-state index in [1.54, 1.807) is 0 Å². The van der Waals surface area contributed by atoms with E-state index < -0.39 is 47.8 Å². The van der Waals surface area contributed by atoms with Crippen LogP contribution in [0.25, 0.3) is 0 Å². The molecule has 2 saturated heterocycles. The van der Waals surface area contributed by atoms with Crippen LogP contribution < -0.4 is 5.32 Å². The summed E-state index contributed by atoms with van der Waals surface area (Å²) in [6.45, 7) is -0.408. The van der Waals surface area contributed by atoms with Crippen molar-refractivity contribution >= 4 is 12.4 Å². The fraction of sp³-hybridized carbons (Fsp3) is 0.455. The fourth-order valence-corrected chi connectivity index (χ4v) is 4.67. The molecule has 2 aromatic carbocycles. The minimum atomic E-state index is -4.91. The molecule has 0 spiro atoms. The predicted molar refractivity (Wildman–Crippen MR) is 107 cm³/mol. The zero-order valence-electron chi connectivity index (χ0n) is 16.7. The summed E-state index contributed by atoms with van der Waals surface area (Å²) in [4.78, 5) is 0. The number of aliphatic hydroxyl groups excluding tert-OH is 1. The Labute approximate surface area is 187 Å². The van der Waals surface area contributed by atoms with Gasteiger partial charge in [-0.3, -0.25) is 5.32 Å². The molecule has 4 atom stereocenters. The van der Waals surface area contributed by atoms with E-state index in [1.165, 1.54) is 0 Å². The average Bonchev–Trinajstić information content (AvgIpc) is 2.98. The monoisotopic (exact) mass is 481 g/mol. The van der Waals surface area contributed by atoms with Crippen LogP contribution >= 0.6 is 12.4 Å². The SMILES string of the molecule is Cl.O[C@@H]1C[C@]2(c3ccccc3)N[C@H]1CC[C@H]2OCc1cc(C(F)(F)F)cc(C(F)(F)F)c1. The van der Waals surface area contributed by atoms with E-state index in [-0.39, 0.29) is 30.1 Å². The number of ether oxygens (including phenoxy) is 1. The molecule has 0 aromatic heterocycles.